The van der Waals surface area contributed by atoms with E-state index < -0.39 is 0 Å². The Labute approximate surface area is 180 Å². The van der Waals surface area contributed by atoms with E-state index in [2.05, 4.69) is 12.2 Å². The minimum absolute atomic E-state index is 0.0446. The van der Waals surface area contributed by atoms with Crippen LogP contribution in [0.25, 0.3) is 6.08 Å². The van der Waals surface area contributed by atoms with Gasteiger partial charge in [-0.05, 0) is 55.9 Å². The van der Waals surface area contributed by atoms with Crippen LogP contribution in [0, 0.1) is 11.7 Å². The average Bonchev–Trinajstić information content (AvgIpc) is 2.74. The Balaban J connectivity index is 1.56. The molecule has 6 heteroatoms. The van der Waals surface area contributed by atoms with Crippen LogP contribution in [-0.2, 0) is 9.59 Å². The van der Waals surface area contributed by atoms with Crippen LogP contribution in [0.1, 0.15) is 38.2 Å². The topological polar surface area (TPSA) is 49.4 Å². The third kappa shape index (κ3) is 4.59. The van der Waals surface area contributed by atoms with Gasteiger partial charge in [0.2, 0.25) is 5.91 Å². The number of carbonyl (C=O) groups excluding carboxylic acids is 2. The van der Waals surface area contributed by atoms with E-state index in [4.69, 9.17) is 0 Å². The molecule has 0 aromatic heterocycles. The molecule has 0 radical (unpaired) electrons. The number of nitrogens with one attached hydrogen (secondary N) is 1. The summed E-state index contributed by atoms with van der Waals surface area (Å²) in [5, 5.41) is 3.09. The third-order valence-electron chi connectivity index (χ3n) is 5.71. The minimum atomic E-state index is -0.381. The molecule has 1 heterocycles. The highest BCUT2D eigenvalue weighted by atomic mass is 32.2. The lowest BCUT2D eigenvalue weighted by Gasteiger charge is -2.31. The molecule has 2 amide bonds. The summed E-state index contributed by atoms with van der Waals surface area (Å²) in [6, 6.07) is 14.0. The van der Waals surface area contributed by atoms with Gasteiger partial charge < -0.3 is 5.32 Å². The van der Waals surface area contributed by atoms with Crippen LogP contribution < -0.4 is 10.2 Å². The number of nitrogens with zero attached hydrogens (tertiary/aromatic N) is 1. The van der Waals surface area contributed by atoms with Gasteiger partial charge in [-0.3, -0.25) is 14.5 Å². The molecule has 0 unspecified atom stereocenters. The summed E-state index contributed by atoms with van der Waals surface area (Å²) in [6.45, 7) is 2.19. The van der Waals surface area contributed by atoms with Crippen LogP contribution in [0.2, 0.25) is 0 Å². The molecule has 1 N–H and O–H groups in total. The second kappa shape index (κ2) is 9.04. The number of hydrogen-bond donors (Lipinski definition) is 1. The number of thioether (sulfide) groups is 1. The average molecular weight is 425 g/mol. The first-order chi connectivity index (χ1) is 14.5. The summed E-state index contributed by atoms with van der Waals surface area (Å²) < 4.78 is 14.1. The number of fused-ring (bicyclic) bond motifs is 1. The van der Waals surface area contributed by atoms with Crippen molar-refractivity contribution >= 4 is 35.3 Å². The van der Waals surface area contributed by atoms with E-state index in [1.807, 2.05) is 24.3 Å². The van der Waals surface area contributed by atoms with Gasteiger partial charge in [0.25, 0.3) is 5.91 Å². The Hall–Kier alpha value is -2.60. The Morgan fingerprint density at radius 2 is 1.83 bits per heavy atom. The predicted octanol–water partition coefficient (Wildman–Crippen LogP) is 5.00. The smallest absolute Gasteiger partial charge is 0.265 e. The number of benzene rings is 2. The van der Waals surface area contributed by atoms with Gasteiger partial charge in [-0.1, -0.05) is 49.0 Å². The van der Waals surface area contributed by atoms with E-state index in [9.17, 15) is 14.0 Å². The van der Waals surface area contributed by atoms with Gasteiger partial charge in [0, 0.05) is 16.5 Å². The van der Waals surface area contributed by atoms with Crippen LogP contribution in [0.3, 0.4) is 0 Å². The van der Waals surface area contributed by atoms with Gasteiger partial charge >= 0.3 is 0 Å². The van der Waals surface area contributed by atoms with Crippen molar-refractivity contribution in [1.82, 2.24) is 5.32 Å². The van der Waals surface area contributed by atoms with Crippen molar-refractivity contribution < 1.29 is 14.0 Å². The third-order valence-corrected chi connectivity index (χ3v) is 6.78. The van der Waals surface area contributed by atoms with Crippen LogP contribution in [0.5, 0.6) is 0 Å². The standard InChI is InChI=1S/C24H25FN2O2S/c1-16-10-12-18(13-11-16)26-23(28)15-27-20-8-4-5-9-21(20)30-22(24(27)29)14-17-6-2-3-7-19(17)25/h2-9,14,16,18H,10-13,15H2,1H3,(H,26,28). The first-order valence-electron chi connectivity index (χ1n) is 10.4. The van der Waals surface area contributed by atoms with Crippen molar-refractivity contribution in [3.63, 3.8) is 0 Å². The van der Waals surface area contributed by atoms with Crippen molar-refractivity contribution in [3.05, 3.63) is 64.8 Å². The number of hydrogen-bond acceptors (Lipinski definition) is 3. The predicted molar refractivity (Wildman–Crippen MR) is 119 cm³/mol. The number of halogens is 1. The fourth-order valence-corrected chi connectivity index (χ4v) is 5.02. The van der Waals surface area contributed by atoms with Crippen molar-refractivity contribution in [2.24, 2.45) is 5.92 Å². The van der Waals surface area contributed by atoms with Gasteiger partial charge in [0.05, 0.1) is 10.6 Å². The molecule has 2 aliphatic rings. The largest absolute Gasteiger partial charge is 0.352 e. The zero-order chi connectivity index (χ0) is 21.1. The van der Waals surface area contributed by atoms with Crippen LogP contribution in [0.15, 0.2) is 58.3 Å². The normalized spacial score (nSPS) is 22.7. The van der Waals surface area contributed by atoms with E-state index >= 15 is 0 Å². The maximum Gasteiger partial charge on any atom is 0.265 e. The molecule has 0 bridgehead atoms. The SMILES string of the molecule is CC1CCC(NC(=O)CN2C(=O)C(=Cc3ccccc3F)Sc3ccccc32)CC1. The monoisotopic (exact) mass is 424 g/mol. The number of carbonyl (C=O) groups is 2. The number of anilines is 1. The molecule has 4 rings (SSSR count). The zero-order valence-corrected chi connectivity index (χ0v) is 17.8. The molecule has 30 heavy (non-hydrogen) atoms. The lowest BCUT2D eigenvalue weighted by Crippen LogP contribution is -2.46. The molecule has 156 valence electrons. The Kier molecular flexibility index (Phi) is 6.23. The maximum absolute atomic E-state index is 14.1. The molecule has 4 nitrogen and oxygen atoms in total. The van der Waals surface area contributed by atoms with Crippen LogP contribution >= 0.6 is 11.8 Å². The molecule has 1 aliphatic heterocycles. The molecule has 1 aliphatic carbocycles. The lowest BCUT2D eigenvalue weighted by molar-refractivity contribution is -0.123. The number of para-hydroxylation sites is 1. The van der Waals surface area contributed by atoms with E-state index in [0.717, 1.165) is 30.6 Å². The van der Waals surface area contributed by atoms with Crippen LogP contribution in [0.4, 0.5) is 10.1 Å². The number of amides is 2. The summed E-state index contributed by atoms with van der Waals surface area (Å²) in [7, 11) is 0. The second-order valence-corrected chi connectivity index (χ2v) is 9.10. The van der Waals surface area contributed by atoms with Crippen molar-refractivity contribution in [2.75, 3.05) is 11.4 Å². The van der Waals surface area contributed by atoms with E-state index in [0.29, 0.717) is 22.1 Å². The molecule has 1 saturated carbocycles. The summed E-state index contributed by atoms with van der Waals surface area (Å²) in [5.41, 5.74) is 1.07. The summed E-state index contributed by atoms with van der Waals surface area (Å²) in [5.74, 6) is -0.117. The first kappa shape index (κ1) is 20.7. The highest BCUT2D eigenvalue weighted by molar-refractivity contribution is 8.04. The second-order valence-electron chi connectivity index (χ2n) is 8.02. The molecule has 0 atom stereocenters. The van der Waals surface area contributed by atoms with Crippen molar-refractivity contribution in [1.29, 1.82) is 0 Å². The van der Waals surface area contributed by atoms with Gasteiger partial charge in [-0.25, -0.2) is 4.39 Å². The zero-order valence-electron chi connectivity index (χ0n) is 16.9. The van der Waals surface area contributed by atoms with Gasteiger partial charge in [0.1, 0.15) is 12.4 Å². The van der Waals surface area contributed by atoms with E-state index in [1.165, 1.54) is 22.7 Å². The van der Waals surface area contributed by atoms with Gasteiger partial charge in [0.15, 0.2) is 0 Å². The molecule has 0 spiro atoms. The molecule has 0 saturated heterocycles. The molecular weight excluding hydrogens is 399 g/mol. The van der Waals surface area contributed by atoms with Crippen molar-refractivity contribution in [2.45, 2.75) is 43.5 Å². The Bertz CT molecular complexity index is 983. The molecule has 2 aromatic rings. The highest BCUT2D eigenvalue weighted by Gasteiger charge is 2.31. The summed E-state index contributed by atoms with van der Waals surface area (Å²) >= 11 is 1.31. The van der Waals surface area contributed by atoms with E-state index in [1.54, 1.807) is 24.3 Å². The lowest BCUT2D eigenvalue weighted by atomic mass is 9.87. The van der Waals surface area contributed by atoms with Crippen LogP contribution in [-0.4, -0.2) is 24.4 Å². The quantitative estimate of drug-likeness (QED) is 0.703. The number of rotatable bonds is 4. The summed E-state index contributed by atoms with van der Waals surface area (Å²) in [4.78, 5) is 28.7. The van der Waals surface area contributed by atoms with Gasteiger partial charge in [-0.2, -0.15) is 0 Å². The summed E-state index contributed by atoms with van der Waals surface area (Å²) in [6.07, 6.45) is 5.74. The van der Waals surface area contributed by atoms with Crippen molar-refractivity contribution in [3.8, 4) is 0 Å². The minimum Gasteiger partial charge on any atom is -0.352 e. The first-order valence-corrected chi connectivity index (χ1v) is 11.2. The molecule has 1 fully saturated rings. The Morgan fingerprint density at radius 3 is 2.60 bits per heavy atom. The molecular formula is C24H25FN2O2S. The Morgan fingerprint density at radius 1 is 1.13 bits per heavy atom. The fraction of sp³-hybridized carbons (Fsp3) is 0.333. The van der Waals surface area contributed by atoms with Gasteiger partial charge in [-0.15, -0.1) is 0 Å². The molecule has 2 aromatic carbocycles. The fourth-order valence-electron chi connectivity index (χ4n) is 3.97. The highest BCUT2D eigenvalue weighted by Crippen LogP contribution is 2.42. The maximum atomic E-state index is 14.1. The van der Waals surface area contributed by atoms with E-state index in [-0.39, 0.29) is 30.2 Å².